The highest BCUT2D eigenvalue weighted by Gasteiger charge is 2.42. The molecule has 1 fully saturated rings. The first kappa shape index (κ1) is 19.6. The van der Waals surface area contributed by atoms with Gasteiger partial charge in [-0.25, -0.2) is 10.1 Å². The maximum Gasteiger partial charge on any atom is 0.258 e. The maximum atomic E-state index is 11.6. The van der Waals surface area contributed by atoms with Gasteiger partial charge in [0.15, 0.2) is 17.0 Å². The predicted octanol–water partition coefficient (Wildman–Crippen LogP) is -0.461. The van der Waals surface area contributed by atoms with E-state index in [1.54, 1.807) is 17.9 Å². The number of nitrogens with zero attached hydrogens (tertiary/aromatic N) is 4. The zero-order chi connectivity index (χ0) is 19.6. The van der Waals surface area contributed by atoms with Gasteiger partial charge in [0.25, 0.3) is 8.18 Å². The van der Waals surface area contributed by atoms with Crippen LogP contribution in [0, 0.1) is 5.92 Å². The van der Waals surface area contributed by atoms with E-state index in [1.807, 2.05) is 6.92 Å². The van der Waals surface area contributed by atoms with Crippen LogP contribution in [0.1, 0.15) is 13.2 Å². The summed E-state index contributed by atoms with van der Waals surface area (Å²) in [4.78, 5) is 22.9. The minimum atomic E-state index is -2.59. The first-order valence-electron chi connectivity index (χ1n) is 8.31. The number of aliphatic hydroxyl groups is 1. The normalized spacial score (nSPS) is 26.3. The summed E-state index contributed by atoms with van der Waals surface area (Å²) in [7, 11) is -0.885. The molecule has 1 aliphatic rings. The Morgan fingerprint density at radius 2 is 2.30 bits per heavy atom. The lowest BCUT2D eigenvalue weighted by molar-refractivity contribution is -0.106. The number of aromatic nitrogens is 4. The summed E-state index contributed by atoms with van der Waals surface area (Å²) in [5, 5.41) is 15.8. The summed E-state index contributed by atoms with van der Waals surface area (Å²) in [6.45, 7) is 1.66. The lowest BCUT2D eigenvalue weighted by Gasteiger charge is -2.17. The van der Waals surface area contributed by atoms with Crippen molar-refractivity contribution in [2.45, 2.75) is 25.4 Å². The number of nitrogen functional groups attached to an aromatic ring is 1. The molecule has 148 valence electrons. The molecular formula is C14H22N7O5P. The second-order valence-corrected chi connectivity index (χ2v) is 7.28. The number of nitrogens with two attached hydrogens (primary N) is 1. The van der Waals surface area contributed by atoms with E-state index in [1.165, 1.54) is 0 Å². The van der Waals surface area contributed by atoms with Gasteiger partial charge < -0.3 is 30.2 Å². The third-order valence-electron chi connectivity index (χ3n) is 4.34. The quantitative estimate of drug-likeness (QED) is 0.335. The summed E-state index contributed by atoms with van der Waals surface area (Å²) in [5.41, 5.74) is 6.76. The van der Waals surface area contributed by atoms with E-state index in [4.69, 9.17) is 15.0 Å². The van der Waals surface area contributed by atoms with Gasteiger partial charge in [-0.05, 0) is 0 Å². The van der Waals surface area contributed by atoms with Gasteiger partial charge >= 0.3 is 0 Å². The number of imidazole rings is 1. The number of rotatable bonds is 8. The number of aldehydes is 1. The van der Waals surface area contributed by atoms with E-state index in [9.17, 15) is 14.5 Å². The number of fused-ring (bicyclic) bond motifs is 1. The van der Waals surface area contributed by atoms with Crippen LogP contribution in [-0.4, -0.2) is 63.3 Å². The molecule has 1 aliphatic heterocycles. The third-order valence-corrected chi connectivity index (χ3v) is 5.26. The maximum absolute atomic E-state index is 11.6. The number of carbonyl (C=O) groups excluding carboxylic acids is 1. The lowest BCUT2D eigenvalue weighted by Crippen LogP contribution is -2.29. The van der Waals surface area contributed by atoms with Gasteiger partial charge in [0.05, 0.1) is 25.6 Å². The third kappa shape index (κ3) is 3.94. The molecule has 1 saturated heterocycles. The molecule has 27 heavy (non-hydrogen) atoms. The number of aliphatic hydroxyl groups excluding tert-OH is 1. The van der Waals surface area contributed by atoms with Crippen LogP contribution in [0.5, 0.6) is 0 Å². The summed E-state index contributed by atoms with van der Waals surface area (Å²) in [6.07, 6.45) is 0.0179. The zero-order valence-electron chi connectivity index (χ0n) is 14.8. The van der Waals surface area contributed by atoms with Crippen molar-refractivity contribution in [1.29, 1.82) is 0 Å². The van der Waals surface area contributed by atoms with E-state index in [-0.39, 0.29) is 25.0 Å². The zero-order valence-corrected chi connectivity index (χ0v) is 15.8. The van der Waals surface area contributed by atoms with Crippen molar-refractivity contribution in [1.82, 2.24) is 24.6 Å². The fourth-order valence-corrected chi connectivity index (χ4v) is 3.64. The molecule has 0 aromatic carbocycles. The summed E-state index contributed by atoms with van der Waals surface area (Å²) in [5.74, 6) is 0.261. The van der Waals surface area contributed by atoms with Crippen molar-refractivity contribution in [3.63, 3.8) is 0 Å². The molecule has 0 amide bonds. The van der Waals surface area contributed by atoms with Crippen LogP contribution in [-0.2, 0) is 18.6 Å². The molecule has 0 bridgehead atoms. The Kier molecular flexibility index (Phi) is 6.02. The minimum Gasteiger partial charge on any atom is -0.390 e. The molecular weight excluding hydrogens is 377 g/mol. The second-order valence-electron chi connectivity index (χ2n) is 6.07. The van der Waals surface area contributed by atoms with Gasteiger partial charge in [-0.1, -0.05) is 6.92 Å². The van der Waals surface area contributed by atoms with E-state index in [0.717, 1.165) is 0 Å². The van der Waals surface area contributed by atoms with E-state index in [2.05, 4.69) is 25.4 Å². The molecule has 0 saturated carbocycles. The molecule has 3 rings (SSSR count). The van der Waals surface area contributed by atoms with Crippen molar-refractivity contribution in [2.24, 2.45) is 5.92 Å². The predicted molar refractivity (Wildman–Crippen MR) is 97.4 cm³/mol. The second kappa shape index (κ2) is 8.28. The Morgan fingerprint density at radius 3 is 3.00 bits per heavy atom. The standard InChI is InChI=1S/C14H22N7O5P/c1-7-10(23)8(5-25-27(24)18-3-4-22)26-13(7)21-6-17-9-11(16-2)19-14(15)20-12(9)21/h4,6-8,10,13,23,27H,3,5H2,1-2H3,(H,18,24)(H3,15,16,19,20)/t7-,8+,10-,13+/m0/s1. The topological polar surface area (TPSA) is 167 Å². The summed E-state index contributed by atoms with van der Waals surface area (Å²) >= 11 is 0. The lowest BCUT2D eigenvalue weighted by atomic mass is 10.0. The molecule has 2 aromatic heterocycles. The van der Waals surface area contributed by atoms with Crippen molar-refractivity contribution in [3.8, 4) is 0 Å². The average molecular weight is 399 g/mol. The Balaban J connectivity index is 1.78. The van der Waals surface area contributed by atoms with Gasteiger partial charge in [-0.15, -0.1) is 0 Å². The van der Waals surface area contributed by atoms with E-state index in [0.29, 0.717) is 23.3 Å². The molecule has 0 spiro atoms. The Labute approximate surface area is 155 Å². The van der Waals surface area contributed by atoms with Crippen LogP contribution in [0.15, 0.2) is 6.33 Å². The van der Waals surface area contributed by atoms with Crippen LogP contribution in [0.2, 0.25) is 0 Å². The molecule has 2 aromatic rings. The molecule has 13 heteroatoms. The first-order chi connectivity index (χ1) is 13.0. The largest absolute Gasteiger partial charge is 0.390 e. The molecule has 0 aliphatic carbocycles. The van der Waals surface area contributed by atoms with E-state index >= 15 is 0 Å². The molecule has 5 atom stereocenters. The fourth-order valence-electron chi connectivity index (χ4n) is 2.98. The van der Waals surface area contributed by atoms with Gasteiger partial charge in [0, 0.05) is 13.0 Å². The first-order valence-corrected chi connectivity index (χ1v) is 9.63. The molecule has 5 N–H and O–H groups in total. The fraction of sp³-hybridized carbons (Fsp3) is 0.571. The van der Waals surface area contributed by atoms with Crippen LogP contribution >= 0.6 is 8.18 Å². The number of ether oxygens (including phenoxy) is 1. The molecule has 3 heterocycles. The number of hydrogen-bond donors (Lipinski definition) is 4. The number of anilines is 2. The van der Waals surface area contributed by atoms with Crippen molar-refractivity contribution < 1.29 is 23.7 Å². The SMILES string of the molecule is CNc1nc(N)nc2c1ncn2[C@@H]1O[C@H](CO[PH](=O)NCC=O)[C@@H](O)[C@@H]1C. The Hall–Kier alpha value is -2.11. The number of nitrogens with one attached hydrogen (secondary N) is 2. The van der Waals surface area contributed by atoms with Gasteiger partial charge in [0.1, 0.15) is 18.6 Å². The van der Waals surface area contributed by atoms with Gasteiger partial charge in [0.2, 0.25) is 5.95 Å². The van der Waals surface area contributed by atoms with Crippen molar-refractivity contribution >= 4 is 37.4 Å². The van der Waals surface area contributed by atoms with Crippen LogP contribution in [0.25, 0.3) is 11.2 Å². The Morgan fingerprint density at radius 1 is 1.52 bits per heavy atom. The van der Waals surface area contributed by atoms with Gasteiger partial charge in [-0.3, -0.25) is 9.13 Å². The smallest absolute Gasteiger partial charge is 0.258 e. The van der Waals surface area contributed by atoms with Crippen LogP contribution < -0.4 is 16.1 Å². The molecule has 1 unspecified atom stereocenters. The number of carbonyl (C=O) groups is 1. The summed E-state index contributed by atoms with van der Waals surface area (Å²) in [6, 6.07) is 0. The summed E-state index contributed by atoms with van der Waals surface area (Å²) < 4.78 is 24.4. The van der Waals surface area contributed by atoms with Crippen molar-refractivity contribution in [3.05, 3.63) is 6.33 Å². The minimum absolute atomic E-state index is 0.0686. The average Bonchev–Trinajstić information content (AvgIpc) is 3.19. The van der Waals surface area contributed by atoms with Crippen LogP contribution in [0.4, 0.5) is 11.8 Å². The van der Waals surface area contributed by atoms with Crippen molar-refractivity contribution in [2.75, 3.05) is 31.2 Å². The Bertz CT molecular complexity index is 847. The van der Waals surface area contributed by atoms with Crippen LogP contribution in [0.3, 0.4) is 0 Å². The monoisotopic (exact) mass is 399 g/mol. The molecule has 12 nitrogen and oxygen atoms in total. The highest BCUT2D eigenvalue weighted by atomic mass is 31.1. The highest BCUT2D eigenvalue weighted by Crippen LogP contribution is 2.37. The molecule has 0 radical (unpaired) electrons. The number of hydrogen-bond acceptors (Lipinski definition) is 10. The van der Waals surface area contributed by atoms with E-state index < -0.39 is 26.6 Å². The van der Waals surface area contributed by atoms with Gasteiger partial charge in [-0.2, -0.15) is 9.97 Å². The highest BCUT2D eigenvalue weighted by molar-refractivity contribution is 7.36.